The van der Waals surface area contributed by atoms with Crippen LogP contribution in [0.1, 0.15) is 142 Å². The molecule has 2 aromatic heterocycles. The normalized spacial score (nSPS) is 16.3. The van der Waals surface area contributed by atoms with E-state index in [1.807, 2.05) is 13.8 Å². The second kappa shape index (κ2) is 14.1. The average molecular weight is 869 g/mol. The Bertz CT molecular complexity index is 3400. The Morgan fingerprint density at radius 1 is 0.606 bits per heavy atom. The zero-order valence-electron chi connectivity index (χ0n) is 42.5. The quantitative estimate of drug-likeness (QED) is 0.158. The predicted octanol–water partition coefficient (Wildman–Crippen LogP) is 15.2. The maximum Gasteiger partial charge on any atom is 0.499 e. The van der Waals surface area contributed by atoms with Gasteiger partial charge in [-0.15, -0.1) is 9.13 Å². The molecule has 0 bridgehead atoms. The Balaban J connectivity index is 1.31. The van der Waals surface area contributed by atoms with E-state index in [1.54, 1.807) is 0 Å². The van der Waals surface area contributed by atoms with Gasteiger partial charge in [0.1, 0.15) is 16.8 Å². The number of hydrogen-bond acceptors (Lipinski definition) is 1. The van der Waals surface area contributed by atoms with Crippen LogP contribution in [0.25, 0.3) is 72.7 Å². The average Bonchev–Trinajstić information content (AvgIpc) is 3.76. The van der Waals surface area contributed by atoms with E-state index in [9.17, 15) is 1.37 Å². The first-order chi connectivity index (χ1) is 31.5. The van der Waals surface area contributed by atoms with Gasteiger partial charge in [0.2, 0.25) is 5.69 Å². The molecule has 3 aliphatic heterocycles. The predicted molar refractivity (Wildman–Crippen MR) is 273 cm³/mol. The van der Waals surface area contributed by atoms with E-state index in [4.69, 9.17) is 4.74 Å². The van der Waals surface area contributed by atoms with Crippen molar-refractivity contribution in [3.8, 4) is 67.5 Å². The molecule has 1 atom stereocenters. The third-order valence-electron chi connectivity index (χ3n) is 14.7. The van der Waals surface area contributed by atoms with Crippen LogP contribution in [0.3, 0.4) is 0 Å². The number of hydrogen-bond donors (Lipinski definition) is 0. The molecule has 3 aliphatic rings. The van der Waals surface area contributed by atoms with Gasteiger partial charge in [0, 0.05) is 30.2 Å². The number of para-hydroxylation sites is 1. The van der Waals surface area contributed by atoms with Crippen LogP contribution in [0.4, 0.5) is 0 Å². The van der Waals surface area contributed by atoms with Gasteiger partial charge in [-0.05, 0) is 128 Å². The molecule has 66 heavy (non-hydrogen) atoms. The Kier molecular flexibility index (Phi) is 8.82. The summed E-state index contributed by atoms with van der Waals surface area (Å²) in [4.78, 5) is 0. The first-order valence-corrected chi connectivity index (χ1v) is 24.0. The number of benzene rings is 6. The minimum Gasteiger partial charge on any atom is -0.392 e. The molecule has 0 saturated heterocycles. The van der Waals surface area contributed by atoms with Gasteiger partial charge >= 0.3 is 11.7 Å². The highest BCUT2D eigenvalue weighted by Gasteiger charge is 2.69. The van der Waals surface area contributed by atoms with Crippen molar-refractivity contribution in [1.29, 1.82) is 0 Å². The number of aryl methyl sites for hydroxylation is 1. The summed E-state index contributed by atoms with van der Waals surface area (Å²) in [5.74, 6) is 0.497. The molecule has 1 spiro atoms. The highest BCUT2D eigenvalue weighted by molar-refractivity contribution is 5.98. The summed E-state index contributed by atoms with van der Waals surface area (Å²) in [7, 11) is 0. The molecule has 0 radical (unpaired) electrons. The van der Waals surface area contributed by atoms with Crippen molar-refractivity contribution in [2.24, 2.45) is 0 Å². The molecule has 0 N–H and O–H groups in total. The largest absolute Gasteiger partial charge is 0.499 e. The molecule has 5 heterocycles. The van der Waals surface area contributed by atoms with E-state index in [2.05, 4.69) is 224 Å². The summed E-state index contributed by atoms with van der Waals surface area (Å²) < 4.78 is 25.0. The molecule has 1 unspecified atom stereocenters. The molecule has 332 valence electrons. The topological polar surface area (TPSA) is 21.9 Å². The second-order valence-corrected chi connectivity index (χ2v) is 22.9. The molecular formula is C62H65N3O+2. The van der Waals surface area contributed by atoms with Crippen LogP contribution < -0.4 is 13.9 Å². The van der Waals surface area contributed by atoms with Crippen LogP contribution in [-0.2, 0) is 22.1 Å². The summed E-state index contributed by atoms with van der Waals surface area (Å²) in [6, 6.07) is 45.6. The first kappa shape index (κ1) is 41.2. The molecule has 6 aromatic carbocycles. The smallest absolute Gasteiger partial charge is 0.392 e. The molecule has 4 nitrogen and oxygen atoms in total. The van der Waals surface area contributed by atoms with Crippen molar-refractivity contribution < 1.29 is 15.2 Å². The van der Waals surface area contributed by atoms with E-state index in [0.29, 0.717) is 5.92 Å². The maximum atomic E-state index is 9.27. The number of rotatable bonds is 5. The maximum absolute atomic E-state index is 9.27. The van der Waals surface area contributed by atoms with Gasteiger partial charge in [-0.25, -0.2) is 0 Å². The van der Waals surface area contributed by atoms with Crippen LogP contribution in [0.2, 0.25) is 0 Å². The molecule has 11 rings (SSSR count). The fraction of sp³-hybridized carbons (Fsp3) is 0.323. The number of ether oxygens (including phenoxy) is 1. The fourth-order valence-corrected chi connectivity index (χ4v) is 11.3. The van der Waals surface area contributed by atoms with Crippen LogP contribution in [0.15, 0.2) is 128 Å². The van der Waals surface area contributed by atoms with Gasteiger partial charge in [0.25, 0.3) is 0 Å². The highest BCUT2D eigenvalue weighted by Crippen LogP contribution is 2.56. The number of aromatic nitrogens is 3. The van der Waals surface area contributed by atoms with E-state index >= 15 is 0 Å². The van der Waals surface area contributed by atoms with Crippen molar-refractivity contribution in [2.45, 2.75) is 131 Å². The van der Waals surface area contributed by atoms with Crippen LogP contribution in [0.5, 0.6) is 5.75 Å². The molecule has 8 aromatic rings. The SMILES string of the molecule is [2H]C(C)(C)c1cccc(C(C)C)c1-c1ccc(-n2c3[n+]4c5c(cccc52)-c2cc(C(C)(C)C)cc5c2C4(Oc2c-3cc(C(C)(C)C)cc2C(C)(C)C)[n+]2ccc(-c3ccccc3)cc2-5)c(C)c1. The lowest BCUT2D eigenvalue weighted by Gasteiger charge is -2.36. The van der Waals surface area contributed by atoms with Gasteiger partial charge < -0.3 is 4.74 Å². The summed E-state index contributed by atoms with van der Waals surface area (Å²) in [5.41, 5.74) is 22.0. The van der Waals surface area contributed by atoms with Crippen molar-refractivity contribution in [3.05, 3.63) is 166 Å². The van der Waals surface area contributed by atoms with E-state index < -0.39 is 11.7 Å². The molecule has 0 aliphatic carbocycles. The lowest BCUT2D eigenvalue weighted by atomic mass is 9.78. The van der Waals surface area contributed by atoms with Crippen LogP contribution in [-0.4, -0.2) is 4.57 Å². The van der Waals surface area contributed by atoms with Crippen LogP contribution in [0, 0.1) is 6.92 Å². The summed E-state index contributed by atoms with van der Waals surface area (Å²) in [6.07, 6.45) is 2.29. The van der Waals surface area contributed by atoms with Gasteiger partial charge in [-0.1, -0.05) is 157 Å². The van der Waals surface area contributed by atoms with Crippen molar-refractivity contribution in [3.63, 3.8) is 0 Å². The fourth-order valence-electron chi connectivity index (χ4n) is 11.3. The Morgan fingerprint density at radius 3 is 1.94 bits per heavy atom. The van der Waals surface area contributed by atoms with Gasteiger partial charge in [-0.3, -0.25) is 0 Å². The van der Waals surface area contributed by atoms with Gasteiger partial charge in [-0.2, -0.15) is 4.57 Å². The van der Waals surface area contributed by atoms with Crippen molar-refractivity contribution in [1.82, 2.24) is 4.57 Å². The van der Waals surface area contributed by atoms with Crippen molar-refractivity contribution in [2.75, 3.05) is 0 Å². The van der Waals surface area contributed by atoms with E-state index in [-0.39, 0.29) is 16.2 Å². The number of imidazole rings is 1. The summed E-state index contributed by atoms with van der Waals surface area (Å²) >= 11 is 0. The summed E-state index contributed by atoms with van der Waals surface area (Å²) in [6.45, 7) is 31.7. The Labute approximate surface area is 394 Å². The van der Waals surface area contributed by atoms with E-state index in [1.165, 1.54) is 66.8 Å². The Hall–Kier alpha value is -6.26. The lowest BCUT2D eigenvalue weighted by Crippen LogP contribution is -2.78. The van der Waals surface area contributed by atoms with Crippen LogP contribution >= 0.6 is 0 Å². The number of fused-ring (bicyclic) bond motifs is 5. The summed E-state index contributed by atoms with van der Waals surface area (Å²) in [5, 5.41) is 0. The molecule has 4 heteroatoms. The van der Waals surface area contributed by atoms with Gasteiger partial charge in [0.05, 0.1) is 5.56 Å². The molecular weight excluding hydrogens is 803 g/mol. The highest BCUT2D eigenvalue weighted by atomic mass is 16.5. The zero-order valence-corrected chi connectivity index (χ0v) is 41.5. The monoisotopic (exact) mass is 869 g/mol. The van der Waals surface area contributed by atoms with Crippen molar-refractivity contribution >= 4 is 11.0 Å². The minimum atomic E-state index is -1.08. The van der Waals surface area contributed by atoms with E-state index in [0.717, 1.165) is 50.7 Å². The second-order valence-electron chi connectivity index (χ2n) is 22.9. The Morgan fingerprint density at radius 2 is 1.27 bits per heavy atom. The third-order valence-corrected chi connectivity index (χ3v) is 14.7. The number of pyridine rings is 1. The third kappa shape index (κ3) is 5.95. The zero-order chi connectivity index (χ0) is 47.5. The standard InChI is InChI=1S/C62H65N3O/c1-36(2)44-22-18-23-45(37(3)4)54(44)41-26-27-51(38(5)30-41)64-52-25-19-24-46-47-32-42(59(6,7)8)33-48-53-31-40(39-20-16-15-17-21-39)28-29-63(53)62(55(47)48)65(56(46)52)58(64)49-34-43(60(9,10)11)35-50(57(49)66-62)61(12,13)14/h15-37H,1-14H3/q+2/i36D. The molecule has 0 saturated carbocycles. The molecule has 0 amide bonds. The lowest BCUT2D eigenvalue weighted by molar-refractivity contribution is -0.997. The first-order valence-electron chi connectivity index (χ1n) is 24.5. The molecule has 0 fully saturated rings. The number of nitrogens with zero attached hydrogens (tertiary/aromatic N) is 3. The minimum absolute atomic E-state index is 0.105. The van der Waals surface area contributed by atoms with Gasteiger partial charge in [0.15, 0.2) is 23.0 Å².